The number of benzene rings is 2. The van der Waals surface area contributed by atoms with Crippen molar-refractivity contribution in [3.8, 4) is 11.3 Å². The molecule has 0 spiro atoms. The molecule has 3 N–H and O–H groups in total. The molecular formula is C28H32N4O3S2. The first-order chi connectivity index (χ1) is 18.2. The number of pyridine rings is 1. The van der Waals surface area contributed by atoms with Crippen LogP contribution in [0.15, 0.2) is 72.9 Å². The number of aromatic nitrogens is 1. The molecule has 0 saturated carbocycles. The molecule has 2 fully saturated rings. The number of fused-ring (bicyclic) bond motifs is 2. The average molecular weight is 537 g/mol. The second-order valence-electron chi connectivity index (χ2n) is 9.75. The van der Waals surface area contributed by atoms with E-state index in [-0.39, 0.29) is 18.2 Å². The zero-order chi connectivity index (χ0) is 25.2. The number of hydrogen-bond acceptors (Lipinski definition) is 8. The Morgan fingerprint density at radius 2 is 1.81 bits per heavy atom. The van der Waals surface area contributed by atoms with Crippen LogP contribution in [0.5, 0.6) is 0 Å². The summed E-state index contributed by atoms with van der Waals surface area (Å²) in [5, 5.41) is 13.5. The molecule has 37 heavy (non-hydrogen) atoms. The molecule has 0 aliphatic carbocycles. The van der Waals surface area contributed by atoms with Crippen LogP contribution in [0.3, 0.4) is 0 Å². The van der Waals surface area contributed by atoms with E-state index in [0.29, 0.717) is 13.2 Å². The molecule has 9 heteroatoms. The van der Waals surface area contributed by atoms with E-state index in [0.717, 1.165) is 60.3 Å². The van der Waals surface area contributed by atoms with Crippen molar-refractivity contribution in [3.63, 3.8) is 0 Å². The smallest absolute Gasteiger partial charge is 0.250 e. The number of aliphatic hydroxyl groups is 1. The van der Waals surface area contributed by atoms with Gasteiger partial charge >= 0.3 is 0 Å². The van der Waals surface area contributed by atoms with Crippen LogP contribution in [0.25, 0.3) is 11.3 Å². The molecule has 0 radical (unpaired) electrons. The van der Waals surface area contributed by atoms with Gasteiger partial charge in [-0.15, -0.1) is 0 Å². The summed E-state index contributed by atoms with van der Waals surface area (Å²) >= 11 is 3.51. The minimum atomic E-state index is -0.0893. The monoisotopic (exact) mass is 536 g/mol. The molecule has 0 amide bonds. The second kappa shape index (κ2) is 11.1. The van der Waals surface area contributed by atoms with Crippen LogP contribution in [-0.2, 0) is 4.74 Å². The highest BCUT2D eigenvalue weighted by Crippen LogP contribution is 2.52. The maximum absolute atomic E-state index is 12.6. The van der Waals surface area contributed by atoms with Gasteiger partial charge in [0.2, 0.25) is 5.56 Å². The van der Waals surface area contributed by atoms with Crippen molar-refractivity contribution in [1.82, 2.24) is 9.88 Å². The molecule has 4 heterocycles. The molecule has 6 rings (SSSR count). The third kappa shape index (κ3) is 5.56. The minimum absolute atomic E-state index is 0.0202. The third-order valence-corrected chi connectivity index (χ3v) is 9.71. The normalized spacial score (nSPS) is 18.4. The van der Waals surface area contributed by atoms with Gasteiger partial charge in [0.25, 0.3) is 0 Å². The molecule has 1 aromatic heterocycles. The Labute approximate surface area is 225 Å². The molecule has 7 nitrogen and oxygen atoms in total. The molecule has 194 valence electrons. The van der Waals surface area contributed by atoms with Gasteiger partial charge in [0.05, 0.1) is 31.6 Å². The minimum Gasteiger partial charge on any atom is -0.394 e. The lowest BCUT2D eigenvalue weighted by Crippen LogP contribution is -2.37. The van der Waals surface area contributed by atoms with Crippen LogP contribution < -0.4 is 15.8 Å². The number of rotatable bonds is 7. The highest BCUT2D eigenvalue weighted by Gasteiger charge is 2.23. The standard InChI is InChI=1S/C28H32N4O3S2/c33-18-20(17-31-8-1-2-9-31)29-19-6-7-24-26(14-19)36-25-5-3-4-22(28(25)37-24)23-15-21(16-27(34)30-23)32-10-12-35-13-11-32/h3-7,14-16,20,29,33H,1-2,8-13,17-18H2,(H,30,34). The first-order valence-corrected chi connectivity index (χ1v) is 14.6. The lowest BCUT2D eigenvalue weighted by Gasteiger charge is -2.29. The lowest BCUT2D eigenvalue weighted by atomic mass is 10.1. The number of ether oxygens (including phenoxy) is 1. The molecule has 0 bridgehead atoms. The fraction of sp³-hybridized carbons (Fsp3) is 0.393. The summed E-state index contributed by atoms with van der Waals surface area (Å²) in [4.78, 5) is 25.1. The molecule has 2 aromatic carbocycles. The van der Waals surface area contributed by atoms with Gasteiger partial charge in [-0.1, -0.05) is 35.7 Å². The summed E-state index contributed by atoms with van der Waals surface area (Å²) in [6.45, 7) is 6.16. The Kier molecular flexibility index (Phi) is 7.48. The molecule has 3 aromatic rings. The van der Waals surface area contributed by atoms with Gasteiger partial charge < -0.3 is 29.9 Å². The Bertz CT molecular complexity index is 1320. The van der Waals surface area contributed by atoms with Crippen LogP contribution in [-0.4, -0.2) is 73.6 Å². The van der Waals surface area contributed by atoms with E-state index in [4.69, 9.17) is 4.74 Å². The number of likely N-dealkylation sites (tertiary alicyclic amines) is 1. The second-order valence-corrected chi connectivity index (χ2v) is 11.9. The third-order valence-electron chi connectivity index (χ3n) is 7.12. The Balaban J connectivity index is 1.24. The number of nitrogens with one attached hydrogen (secondary N) is 2. The topological polar surface area (TPSA) is 80.8 Å². The quantitative estimate of drug-likeness (QED) is 0.322. The van der Waals surface area contributed by atoms with Gasteiger partial charge in [-0.25, -0.2) is 0 Å². The Morgan fingerprint density at radius 3 is 2.62 bits per heavy atom. The fourth-order valence-electron chi connectivity index (χ4n) is 5.24. The first kappa shape index (κ1) is 24.9. The van der Waals surface area contributed by atoms with E-state index in [2.05, 4.69) is 62.6 Å². The SMILES string of the molecule is O=c1cc(N2CCOCC2)cc(-c2cccc3c2Sc2ccc(NC(CO)CN4CCCC4)cc2S3)[nH]1. The van der Waals surface area contributed by atoms with Crippen molar-refractivity contribution in [3.05, 3.63) is 58.9 Å². The number of nitrogens with zero attached hydrogens (tertiary/aromatic N) is 2. The van der Waals surface area contributed by atoms with Gasteiger partial charge in [-0.2, -0.15) is 0 Å². The summed E-state index contributed by atoms with van der Waals surface area (Å²) in [7, 11) is 0. The van der Waals surface area contributed by atoms with E-state index < -0.39 is 0 Å². The van der Waals surface area contributed by atoms with E-state index >= 15 is 0 Å². The van der Waals surface area contributed by atoms with E-state index in [9.17, 15) is 9.90 Å². The van der Waals surface area contributed by atoms with Gasteiger partial charge in [-0.3, -0.25) is 4.79 Å². The summed E-state index contributed by atoms with van der Waals surface area (Å²) in [6.07, 6.45) is 2.50. The highest BCUT2D eigenvalue weighted by molar-refractivity contribution is 8.05. The van der Waals surface area contributed by atoms with Crippen molar-refractivity contribution in [2.45, 2.75) is 38.5 Å². The highest BCUT2D eigenvalue weighted by atomic mass is 32.2. The van der Waals surface area contributed by atoms with Crippen LogP contribution in [0.1, 0.15) is 12.8 Å². The number of hydrogen-bond donors (Lipinski definition) is 3. The Hall–Kier alpha value is -2.43. The molecule has 2 saturated heterocycles. The summed E-state index contributed by atoms with van der Waals surface area (Å²) in [6, 6.07) is 16.5. The summed E-state index contributed by atoms with van der Waals surface area (Å²) < 4.78 is 5.49. The number of morpholine rings is 1. The fourth-order valence-corrected chi connectivity index (χ4v) is 7.66. The lowest BCUT2D eigenvalue weighted by molar-refractivity contribution is 0.122. The van der Waals surface area contributed by atoms with Crippen LogP contribution >= 0.6 is 23.5 Å². The molecule has 1 unspecified atom stereocenters. The predicted molar refractivity (Wildman–Crippen MR) is 150 cm³/mol. The molecule has 3 aliphatic rings. The maximum Gasteiger partial charge on any atom is 0.250 e. The maximum atomic E-state index is 12.6. The van der Waals surface area contributed by atoms with Crippen molar-refractivity contribution in [2.24, 2.45) is 0 Å². The molecule has 3 aliphatic heterocycles. The van der Waals surface area contributed by atoms with E-state index in [1.807, 2.05) is 0 Å². The predicted octanol–water partition coefficient (Wildman–Crippen LogP) is 4.36. The average Bonchev–Trinajstić information content (AvgIpc) is 3.44. The zero-order valence-corrected chi connectivity index (χ0v) is 22.4. The van der Waals surface area contributed by atoms with Gasteiger partial charge in [0.15, 0.2) is 0 Å². The summed E-state index contributed by atoms with van der Waals surface area (Å²) in [5.41, 5.74) is 3.77. The number of anilines is 2. The van der Waals surface area contributed by atoms with Crippen LogP contribution in [0.4, 0.5) is 11.4 Å². The van der Waals surface area contributed by atoms with Crippen molar-refractivity contribution < 1.29 is 9.84 Å². The number of aliphatic hydroxyl groups excluding tert-OH is 1. The van der Waals surface area contributed by atoms with E-state index in [1.54, 1.807) is 29.6 Å². The molecular weight excluding hydrogens is 504 g/mol. The van der Waals surface area contributed by atoms with E-state index in [1.165, 1.54) is 27.5 Å². The van der Waals surface area contributed by atoms with Crippen molar-refractivity contribution in [2.75, 3.05) is 62.8 Å². The van der Waals surface area contributed by atoms with Crippen molar-refractivity contribution in [1.29, 1.82) is 0 Å². The first-order valence-electron chi connectivity index (χ1n) is 13.0. The number of aromatic amines is 1. The molecule has 1 atom stereocenters. The zero-order valence-electron chi connectivity index (χ0n) is 20.7. The van der Waals surface area contributed by atoms with Gasteiger partial charge in [0.1, 0.15) is 0 Å². The number of H-pyrrole nitrogens is 1. The summed E-state index contributed by atoms with van der Waals surface area (Å²) in [5.74, 6) is 0. The Morgan fingerprint density at radius 1 is 0.973 bits per heavy atom. The van der Waals surface area contributed by atoms with Crippen LogP contribution in [0.2, 0.25) is 0 Å². The van der Waals surface area contributed by atoms with Gasteiger partial charge in [0, 0.05) is 62.2 Å². The van der Waals surface area contributed by atoms with Gasteiger partial charge in [-0.05, 0) is 56.3 Å². The van der Waals surface area contributed by atoms with Crippen molar-refractivity contribution >= 4 is 34.9 Å². The largest absolute Gasteiger partial charge is 0.394 e. The van der Waals surface area contributed by atoms with Crippen LogP contribution in [0, 0.1) is 0 Å².